The minimum absolute atomic E-state index is 0.0663. The van der Waals surface area contributed by atoms with Crippen molar-refractivity contribution in [1.29, 1.82) is 0 Å². The Morgan fingerprint density at radius 2 is 1.96 bits per heavy atom. The fraction of sp³-hybridized carbons (Fsp3) is 0.200. The Hall–Kier alpha value is -2.67. The van der Waals surface area contributed by atoms with Gasteiger partial charge in [0.1, 0.15) is 19.0 Å². The summed E-state index contributed by atoms with van der Waals surface area (Å²) < 4.78 is 19.7. The molecule has 0 aromatic heterocycles. The van der Waals surface area contributed by atoms with Crippen molar-refractivity contribution in [1.82, 2.24) is 10.2 Å². The lowest BCUT2D eigenvalue weighted by Gasteiger charge is -2.22. The Kier molecular flexibility index (Phi) is 8.00. The number of hydrogen-bond acceptors (Lipinski definition) is 3. The summed E-state index contributed by atoms with van der Waals surface area (Å²) in [6.07, 6.45) is 0.848. The van der Waals surface area contributed by atoms with E-state index in [9.17, 15) is 14.0 Å². The molecule has 0 aliphatic carbocycles. The molecule has 142 valence electrons. The Morgan fingerprint density at radius 1 is 1.22 bits per heavy atom. The molecular weight excluding hydrogens is 415 g/mol. The monoisotopic (exact) mass is 434 g/mol. The zero-order chi connectivity index (χ0) is 19.6. The summed E-state index contributed by atoms with van der Waals surface area (Å²) in [5.74, 6) is -0.777. The molecule has 0 saturated heterocycles. The molecule has 2 amide bonds. The summed E-state index contributed by atoms with van der Waals surface area (Å²) in [4.78, 5) is 25.6. The number of halogens is 2. The molecule has 0 spiro atoms. The van der Waals surface area contributed by atoms with E-state index in [-0.39, 0.29) is 32.1 Å². The van der Waals surface area contributed by atoms with Crippen LogP contribution in [0.3, 0.4) is 0 Å². The maximum atomic E-state index is 13.9. The molecule has 0 fully saturated rings. The Bertz CT molecular complexity index is 799. The summed E-state index contributed by atoms with van der Waals surface area (Å²) in [5.41, 5.74) is 1.21. The first-order valence-electron chi connectivity index (χ1n) is 8.26. The van der Waals surface area contributed by atoms with E-state index in [4.69, 9.17) is 4.74 Å². The highest BCUT2D eigenvalue weighted by Gasteiger charge is 2.16. The standard InChI is InChI=1S/C20H20BrFN2O3/c1-2-10-24(13-16-11-17(21)8-9-18(16)22)19(25)12-23-20(26)27-14-15-6-4-3-5-7-15/h2-9,11H,1,10,12-14H2,(H,23,26). The lowest BCUT2D eigenvalue weighted by Crippen LogP contribution is -2.40. The van der Waals surface area contributed by atoms with Gasteiger partial charge >= 0.3 is 6.09 Å². The molecule has 0 atom stereocenters. The van der Waals surface area contributed by atoms with Crippen molar-refractivity contribution in [2.45, 2.75) is 13.2 Å². The molecule has 1 N–H and O–H groups in total. The van der Waals surface area contributed by atoms with Crippen LogP contribution in [-0.4, -0.2) is 30.0 Å². The molecule has 0 heterocycles. The SMILES string of the molecule is C=CCN(Cc1cc(Br)ccc1F)C(=O)CNC(=O)OCc1ccccc1. The molecule has 7 heteroatoms. The topological polar surface area (TPSA) is 58.6 Å². The quantitative estimate of drug-likeness (QED) is 0.638. The van der Waals surface area contributed by atoms with Gasteiger partial charge in [-0.05, 0) is 23.8 Å². The maximum absolute atomic E-state index is 13.9. The highest BCUT2D eigenvalue weighted by Crippen LogP contribution is 2.17. The van der Waals surface area contributed by atoms with Crippen molar-refractivity contribution >= 4 is 27.9 Å². The van der Waals surface area contributed by atoms with Gasteiger partial charge in [0, 0.05) is 23.1 Å². The van der Waals surface area contributed by atoms with E-state index < -0.39 is 11.9 Å². The smallest absolute Gasteiger partial charge is 0.407 e. The minimum Gasteiger partial charge on any atom is -0.445 e. The largest absolute Gasteiger partial charge is 0.445 e. The Morgan fingerprint density at radius 3 is 2.67 bits per heavy atom. The first kappa shape index (κ1) is 20.6. The number of nitrogens with one attached hydrogen (secondary N) is 1. The molecule has 0 bridgehead atoms. The molecule has 2 aromatic rings. The van der Waals surface area contributed by atoms with E-state index in [1.807, 2.05) is 30.3 Å². The number of hydrogen-bond donors (Lipinski definition) is 1. The molecule has 0 aliphatic heterocycles. The van der Waals surface area contributed by atoms with Gasteiger partial charge in [0.2, 0.25) is 5.91 Å². The molecule has 0 unspecified atom stereocenters. The van der Waals surface area contributed by atoms with Gasteiger partial charge in [0.25, 0.3) is 0 Å². The molecule has 2 rings (SSSR count). The number of amides is 2. The van der Waals surface area contributed by atoms with Crippen molar-refractivity contribution in [2.75, 3.05) is 13.1 Å². The Balaban J connectivity index is 1.87. The third-order valence-corrected chi connectivity index (χ3v) is 4.16. The van der Waals surface area contributed by atoms with E-state index in [1.54, 1.807) is 18.2 Å². The number of rotatable bonds is 8. The van der Waals surface area contributed by atoms with Crippen LogP contribution in [0.15, 0.2) is 65.7 Å². The third-order valence-electron chi connectivity index (χ3n) is 3.67. The number of carbonyl (C=O) groups is 2. The van der Waals surface area contributed by atoms with Gasteiger partial charge in [0.05, 0.1) is 0 Å². The van der Waals surface area contributed by atoms with Crippen LogP contribution >= 0.6 is 15.9 Å². The second kappa shape index (κ2) is 10.5. The van der Waals surface area contributed by atoms with Crippen LogP contribution < -0.4 is 5.32 Å². The fourth-order valence-electron chi connectivity index (χ4n) is 2.31. The second-order valence-corrected chi connectivity index (χ2v) is 6.63. The van der Waals surface area contributed by atoms with Crippen molar-refractivity contribution in [3.05, 3.63) is 82.6 Å². The average Bonchev–Trinajstić information content (AvgIpc) is 2.67. The van der Waals surface area contributed by atoms with Crippen molar-refractivity contribution < 1.29 is 18.7 Å². The summed E-state index contributed by atoms with van der Waals surface area (Å²) >= 11 is 3.28. The third kappa shape index (κ3) is 6.86. The highest BCUT2D eigenvalue weighted by atomic mass is 79.9. The normalized spacial score (nSPS) is 10.1. The molecule has 0 radical (unpaired) electrons. The van der Waals surface area contributed by atoms with Crippen molar-refractivity contribution in [2.24, 2.45) is 0 Å². The molecule has 0 aliphatic rings. The number of nitrogens with zero attached hydrogens (tertiary/aromatic N) is 1. The van der Waals surface area contributed by atoms with Gasteiger partial charge < -0.3 is 15.0 Å². The zero-order valence-corrected chi connectivity index (χ0v) is 16.2. The first-order valence-corrected chi connectivity index (χ1v) is 9.06. The van der Waals surface area contributed by atoms with Crippen LogP contribution in [0.4, 0.5) is 9.18 Å². The van der Waals surface area contributed by atoms with Crippen LogP contribution in [-0.2, 0) is 22.7 Å². The van der Waals surface area contributed by atoms with Gasteiger partial charge in [-0.3, -0.25) is 4.79 Å². The lowest BCUT2D eigenvalue weighted by atomic mass is 10.2. The van der Waals surface area contributed by atoms with E-state index in [0.29, 0.717) is 10.0 Å². The number of alkyl carbamates (subject to hydrolysis) is 1. The maximum Gasteiger partial charge on any atom is 0.407 e. The van der Waals surface area contributed by atoms with Gasteiger partial charge in [-0.15, -0.1) is 6.58 Å². The first-order chi connectivity index (χ1) is 13.0. The summed E-state index contributed by atoms with van der Waals surface area (Å²) in [5, 5.41) is 2.41. The fourth-order valence-corrected chi connectivity index (χ4v) is 2.72. The van der Waals surface area contributed by atoms with E-state index in [0.717, 1.165) is 5.56 Å². The van der Waals surface area contributed by atoms with Gasteiger partial charge in [-0.25, -0.2) is 9.18 Å². The van der Waals surface area contributed by atoms with Crippen LogP contribution in [0.5, 0.6) is 0 Å². The lowest BCUT2D eigenvalue weighted by molar-refractivity contribution is -0.130. The van der Waals surface area contributed by atoms with E-state index in [1.165, 1.54) is 11.0 Å². The number of benzene rings is 2. The predicted molar refractivity (Wildman–Crippen MR) is 104 cm³/mol. The molecule has 5 nitrogen and oxygen atoms in total. The van der Waals surface area contributed by atoms with Gasteiger partial charge in [-0.1, -0.05) is 52.3 Å². The van der Waals surface area contributed by atoms with Crippen LogP contribution in [0.25, 0.3) is 0 Å². The predicted octanol–water partition coefficient (Wildman–Crippen LogP) is 4.03. The van der Waals surface area contributed by atoms with Crippen molar-refractivity contribution in [3.63, 3.8) is 0 Å². The molecule has 2 aromatic carbocycles. The van der Waals surface area contributed by atoms with E-state index >= 15 is 0 Å². The molecular formula is C20H20BrFN2O3. The van der Waals surface area contributed by atoms with Crippen LogP contribution in [0, 0.1) is 5.82 Å². The average molecular weight is 435 g/mol. The van der Waals surface area contributed by atoms with Gasteiger partial charge in [-0.2, -0.15) is 0 Å². The summed E-state index contributed by atoms with van der Waals surface area (Å²) in [6, 6.07) is 13.7. The summed E-state index contributed by atoms with van der Waals surface area (Å²) in [6.45, 7) is 3.77. The van der Waals surface area contributed by atoms with E-state index in [2.05, 4.69) is 27.8 Å². The minimum atomic E-state index is -0.695. The van der Waals surface area contributed by atoms with Crippen molar-refractivity contribution in [3.8, 4) is 0 Å². The number of carbonyl (C=O) groups excluding carboxylic acids is 2. The second-order valence-electron chi connectivity index (χ2n) is 5.71. The zero-order valence-electron chi connectivity index (χ0n) is 14.7. The van der Waals surface area contributed by atoms with Crippen LogP contribution in [0.1, 0.15) is 11.1 Å². The number of ether oxygens (including phenoxy) is 1. The Labute approximate surface area is 165 Å². The van der Waals surface area contributed by atoms with Crippen LogP contribution in [0.2, 0.25) is 0 Å². The molecule has 0 saturated carbocycles. The van der Waals surface area contributed by atoms with Gasteiger partial charge in [0.15, 0.2) is 0 Å². The highest BCUT2D eigenvalue weighted by molar-refractivity contribution is 9.10. The molecule has 27 heavy (non-hydrogen) atoms. The summed E-state index contributed by atoms with van der Waals surface area (Å²) in [7, 11) is 0.